The maximum absolute atomic E-state index is 12.1. The fourth-order valence-corrected chi connectivity index (χ4v) is 3.07. The van der Waals surface area contributed by atoms with Crippen molar-refractivity contribution in [3.63, 3.8) is 0 Å². The highest BCUT2D eigenvalue weighted by Crippen LogP contribution is 2.39. The molecule has 0 saturated heterocycles. The molecule has 2 rings (SSSR count). The first-order valence-electron chi connectivity index (χ1n) is 4.55. The molecule has 2 N–H and O–H groups in total. The van der Waals surface area contributed by atoms with Gasteiger partial charge in [-0.3, -0.25) is 0 Å². The van der Waals surface area contributed by atoms with Gasteiger partial charge in [-0.05, 0) is 25.5 Å². The summed E-state index contributed by atoms with van der Waals surface area (Å²) in [6.45, 7) is 3.40. The fourth-order valence-electron chi connectivity index (χ4n) is 1.63. The number of nitrogens with two attached hydrogens (primary N) is 1. The molecule has 78 valence electrons. The van der Waals surface area contributed by atoms with E-state index in [9.17, 15) is 4.57 Å². The molecule has 15 heavy (non-hydrogen) atoms. The zero-order valence-electron chi connectivity index (χ0n) is 8.64. The maximum atomic E-state index is 12.1. The molecule has 0 aromatic carbocycles. The molecule has 0 aliphatic carbocycles. The van der Waals surface area contributed by atoms with Crippen LogP contribution in [0, 0.1) is 0 Å². The summed E-state index contributed by atoms with van der Waals surface area (Å²) >= 11 is 0. The van der Waals surface area contributed by atoms with E-state index < -0.39 is 7.14 Å². The number of fused-ring (bicyclic) bond motifs is 1. The summed E-state index contributed by atoms with van der Waals surface area (Å²) in [5, 5.41) is 1.46. The molecule has 4 nitrogen and oxygen atoms in total. The van der Waals surface area contributed by atoms with Crippen molar-refractivity contribution in [3.8, 4) is 0 Å². The summed E-state index contributed by atoms with van der Waals surface area (Å²) in [4.78, 5) is 8.21. The molecule has 0 radical (unpaired) electrons. The van der Waals surface area contributed by atoms with E-state index >= 15 is 0 Å². The molecule has 0 bridgehead atoms. The average molecular weight is 221 g/mol. The molecular weight excluding hydrogens is 209 g/mol. The summed E-state index contributed by atoms with van der Waals surface area (Å²) in [6, 6.07) is 3.64. The minimum absolute atomic E-state index is 0.476. The van der Waals surface area contributed by atoms with Crippen molar-refractivity contribution in [1.82, 2.24) is 9.97 Å². The second-order valence-electron chi connectivity index (χ2n) is 3.79. The van der Waals surface area contributed by atoms with Crippen LogP contribution in [0.1, 0.15) is 0 Å². The monoisotopic (exact) mass is 221 g/mol. The van der Waals surface area contributed by atoms with Gasteiger partial charge in [0.2, 0.25) is 0 Å². The van der Waals surface area contributed by atoms with Gasteiger partial charge in [0.15, 0.2) is 5.65 Å². The zero-order valence-corrected chi connectivity index (χ0v) is 9.53. The van der Waals surface area contributed by atoms with Crippen molar-refractivity contribution in [2.75, 3.05) is 19.1 Å². The quantitative estimate of drug-likeness (QED) is 0.740. The molecule has 2 aromatic rings. The van der Waals surface area contributed by atoms with Gasteiger partial charge in [-0.15, -0.1) is 0 Å². The molecule has 2 aromatic heterocycles. The van der Waals surface area contributed by atoms with Crippen LogP contribution in [0.25, 0.3) is 11.0 Å². The molecule has 0 atom stereocenters. The highest BCUT2D eigenvalue weighted by Gasteiger charge is 2.18. The van der Waals surface area contributed by atoms with Crippen molar-refractivity contribution in [2.24, 2.45) is 0 Å². The van der Waals surface area contributed by atoms with E-state index in [1.165, 1.54) is 6.20 Å². The molecule has 5 heteroatoms. The third kappa shape index (κ3) is 1.73. The minimum atomic E-state index is -2.41. The van der Waals surface area contributed by atoms with Crippen LogP contribution in [0.5, 0.6) is 0 Å². The van der Waals surface area contributed by atoms with E-state index in [2.05, 4.69) is 9.97 Å². The minimum Gasteiger partial charge on any atom is -0.397 e. The number of nitrogen functional groups attached to an aromatic ring is 1. The van der Waals surface area contributed by atoms with Crippen LogP contribution >= 0.6 is 7.14 Å². The lowest BCUT2D eigenvalue weighted by Gasteiger charge is -2.12. The van der Waals surface area contributed by atoms with Crippen molar-refractivity contribution < 1.29 is 4.57 Å². The Morgan fingerprint density at radius 3 is 2.73 bits per heavy atom. The molecule has 0 spiro atoms. The van der Waals surface area contributed by atoms with Gasteiger partial charge in [-0.1, -0.05) is 0 Å². The number of aromatic nitrogens is 2. The molecular formula is C10H12N3OP. The summed E-state index contributed by atoms with van der Waals surface area (Å²) < 4.78 is 12.1. The van der Waals surface area contributed by atoms with Crippen LogP contribution in [-0.4, -0.2) is 23.3 Å². The van der Waals surface area contributed by atoms with Gasteiger partial charge < -0.3 is 10.3 Å². The number of pyridine rings is 2. The van der Waals surface area contributed by atoms with E-state index in [1.807, 2.05) is 6.07 Å². The highest BCUT2D eigenvalue weighted by atomic mass is 31.2. The van der Waals surface area contributed by atoms with Crippen molar-refractivity contribution in [3.05, 3.63) is 24.5 Å². The van der Waals surface area contributed by atoms with Gasteiger partial charge >= 0.3 is 0 Å². The lowest BCUT2D eigenvalue weighted by atomic mass is 10.3. The second-order valence-corrected chi connectivity index (χ2v) is 6.94. The van der Waals surface area contributed by atoms with Crippen LogP contribution in [0.15, 0.2) is 24.5 Å². The Kier molecular flexibility index (Phi) is 2.24. The van der Waals surface area contributed by atoms with Gasteiger partial charge in [0.1, 0.15) is 7.14 Å². The van der Waals surface area contributed by atoms with Gasteiger partial charge in [-0.25, -0.2) is 9.97 Å². The van der Waals surface area contributed by atoms with E-state index in [0.717, 1.165) is 5.39 Å². The number of nitrogens with zero attached hydrogens (tertiary/aromatic N) is 2. The molecule has 0 unspecified atom stereocenters. The van der Waals surface area contributed by atoms with Crippen LogP contribution in [0.2, 0.25) is 0 Å². The number of hydrogen-bond acceptors (Lipinski definition) is 4. The summed E-state index contributed by atoms with van der Waals surface area (Å²) in [5.74, 6) is 0. The van der Waals surface area contributed by atoms with Crippen molar-refractivity contribution >= 4 is 29.2 Å². The standard InChI is InChI=1S/C10H12N3OP/c1-15(2,14)9-7-4-3-5-12-10(7)13-6-8(9)11/h3-6H,11H2,1-2H3. The zero-order chi connectivity index (χ0) is 11.1. The second kappa shape index (κ2) is 3.31. The van der Waals surface area contributed by atoms with Gasteiger partial charge in [0, 0.05) is 16.9 Å². The first-order chi connectivity index (χ1) is 7.00. The van der Waals surface area contributed by atoms with Crippen LogP contribution in [-0.2, 0) is 4.57 Å². The number of hydrogen-bond donors (Lipinski definition) is 1. The third-order valence-corrected chi connectivity index (χ3v) is 3.76. The Bertz CT molecular complexity index is 562. The molecule has 0 aliphatic heterocycles. The van der Waals surface area contributed by atoms with Gasteiger partial charge in [0.05, 0.1) is 11.9 Å². The molecule has 0 saturated carbocycles. The Balaban J connectivity index is 2.92. The van der Waals surface area contributed by atoms with Crippen molar-refractivity contribution in [2.45, 2.75) is 0 Å². The third-order valence-electron chi connectivity index (χ3n) is 2.18. The van der Waals surface area contributed by atoms with Crippen LogP contribution in [0.3, 0.4) is 0 Å². The molecule has 0 fully saturated rings. The average Bonchev–Trinajstić information content (AvgIpc) is 2.15. The van der Waals surface area contributed by atoms with Gasteiger partial charge in [0.25, 0.3) is 0 Å². The van der Waals surface area contributed by atoms with Crippen molar-refractivity contribution in [1.29, 1.82) is 0 Å². The Morgan fingerprint density at radius 1 is 1.33 bits per heavy atom. The lowest BCUT2D eigenvalue weighted by molar-refractivity contribution is 0.588. The highest BCUT2D eigenvalue weighted by molar-refractivity contribution is 7.71. The largest absolute Gasteiger partial charge is 0.397 e. The summed E-state index contributed by atoms with van der Waals surface area (Å²) in [6.07, 6.45) is 3.18. The summed E-state index contributed by atoms with van der Waals surface area (Å²) in [7, 11) is -2.41. The van der Waals surface area contributed by atoms with Crippen LogP contribution < -0.4 is 11.0 Å². The van der Waals surface area contributed by atoms with E-state index in [4.69, 9.17) is 5.73 Å². The Morgan fingerprint density at radius 2 is 2.07 bits per heavy atom. The normalized spacial score (nSPS) is 11.9. The van der Waals surface area contributed by atoms with Gasteiger partial charge in [-0.2, -0.15) is 0 Å². The molecule has 0 aliphatic rings. The smallest absolute Gasteiger partial charge is 0.160 e. The van der Waals surface area contributed by atoms with E-state index in [-0.39, 0.29) is 0 Å². The van der Waals surface area contributed by atoms with E-state index in [1.54, 1.807) is 25.6 Å². The SMILES string of the molecule is CP(C)(=O)c1c(N)cnc2ncccc12. The number of anilines is 1. The lowest BCUT2D eigenvalue weighted by Crippen LogP contribution is -2.12. The molecule has 0 amide bonds. The summed E-state index contributed by atoms with van der Waals surface area (Å²) in [5.41, 5.74) is 6.87. The Labute approximate surface area is 87.9 Å². The first kappa shape index (κ1) is 10.1. The predicted molar refractivity (Wildman–Crippen MR) is 63.0 cm³/mol. The van der Waals surface area contributed by atoms with Crippen LogP contribution in [0.4, 0.5) is 5.69 Å². The predicted octanol–water partition coefficient (Wildman–Crippen LogP) is 1.46. The Hall–Kier alpha value is -1.41. The molecule has 2 heterocycles. The fraction of sp³-hybridized carbons (Fsp3) is 0.200. The number of rotatable bonds is 1. The van der Waals surface area contributed by atoms with E-state index in [0.29, 0.717) is 16.6 Å². The maximum Gasteiger partial charge on any atom is 0.160 e. The topological polar surface area (TPSA) is 68.9 Å². The first-order valence-corrected chi connectivity index (χ1v) is 7.15.